The van der Waals surface area contributed by atoms with Crippen LogP contribution in [0, 0.1) is 26.0 Å². The smallest absolute Gasteiger partial charge is 0.453 e. The van der Waals surface area contributed by atoms with Crippen molar-refractivity contribution in [3.05, 3.63) is 162 Å². The fourth-order valence-corrected chi connectivity index (χ4v) is 4.96. The molecule has 40 heavy (non-hydrogen) atoms. The van der Waals surface area contributed by atoms with Crippen molar-refractivity contribution in [1.29, 1.82) is 0 Å². The van der Waals surface area contributed by atoms with Gasteiger partial charge in [-0.05, 0) is 48.9 Å². The molecular weight excluding hydrogens is 673 g/mol. The van der Waals surface area contributed by atoms with Crippen molar-refractivity contribution in [3.8, 4) is 28.7 Å². The Morgan fingerprint density at radius 1 is 0.775 bits per heavy atom. The van der Waals surface area contributed by atoms with Crippen LogP contribution in [0.3, 0.4) is 0 Å². The summed E-state index contributed by atoms with van der Waals surface area (Å²) in [5, 5.41) is 0. The number of imidazole rings is 1. The largest absolute Gasteiger partial charge is 2.00 e. The van der Waals surface area contributed by atoms with Gasteiger partial charge in [0.15, 0.2) is 0 Å². The number of benzene rings is 4. The number of para-hydroxylation sites is 1. The second-order valence-electron chi connectivity index (χ2n) is 9.47. The van der Waals surface area contributed by atoms with Crippen LogP contribution in [-0.2, 0) is 21.1 Å². The second-order valence-corrected chi connectivity index (χ2v) is 9.47. The number of hydrogen-bond acceptors (Lipinski definition) is 3. The molecule has 4 aromatic carbocycles. The van der Waals surface area contributed by atoms with Gasteiger partial charge in [0.05, 0.1) is 11.4 Å². The van der Waals surface area contributed by atoms with Gasteiger partial charge in [-0.15, -0.1) is 53.6 Å². The molecule has 0 bridgehead atoms. The van der Waals surface area contributed by atoms with E-state index >= 15 is 0 Å². The van der Waals surface area contributed by atoms with Gasteiger partial charge < -0.3 is 4.74 Å². The molecular formula is C35H27N3OPt. The van der Waals surface area contributed by atoms with Crippen LogP contribution in [0.2, 0.25) is 0 Å². The van der Waals surface area contributed by atoms with E-state index in [1.54, 1.807) is 0 Å². The number of hydrogen-bond donors (Lipinski definition) is 0. The summed E-state index contributed by atoms with van der Waals surface area (Å²) >= 11 is 0. The molecule has 0 aliphatic rings. The first-order chi connectivity index (χ1) is 19.2. The average molecular weight is 701 g/mol. The first kappa shape index (κ1) is 27.3. The van der Waals surface area contributed by atoms with Crippen molar-refractivity contribution in [2.75, 3.05) is 0 Å². The normalized spacial score (nSPS) is 11.4. The molecule has 198 valence electrons. The zero-order valence-corrected chi connectivity index (χ0v) is 24.5. The fraction of sp³-hybridized carbons (Fsp3) is 0.0857. The third kappa shape index (κ3) is 5.68. The van der Waals surface area contributed by atoms with E-state index in [0.717, 1.165) is 44.9 Å². The molecule has 2 heterocycles. The van der Waals surface area contributed by atoms with Gasteiger partial charge in [-0.2, -0.15) is 12.1 Å². The SMILES string of the molecule is Cc1cccc(C)c1-n1cc(-c2[c-]cccc2)nc1Oc1[c-]c(C(c2ccccc2)c2ccccn2)ccc1.[Pt+2]. The van der Waals surface area contributed by atoms with Crippen LogP contribution in [0.5, 0.6) is 11.8 Å². The maximum absolute atomic E-state index is 6.50. The Bertz CT molecular complexity index is 1640. The maximum Gasteiger partial charge on any atom is 2.00 e. The minimum absolute atomic E-state index is 0. The summed E-state index contributed by atoms with van der Waals surface area (Å²) in [7, 11) is 0. The first-order valence-corrected chi connectivity index (χ1v) is 13.0. The molecule has 1 unspecified atom stereocenters. The van der Waals surface area contributed by atoms with Crippen molar-refractivity contribution in [2.24, 2.45) is 0 Å². The molecule has 6 rings (SSSR count). The molecule has 0 radical (unpaired) electrons. The molecule has 0 saturated heterocycles. The molecule has 0 aliphatic carbocycles. The predicted octanol–water partition coefficient (Wildman–Crippen LogP) is 8.12. The van der Waals surface area contributed by atoms with E-state index in [-0.39, 0.29) is 27.0 Å². The van der Waals surface area contributed by atoms with Crippen molar-refractivity contribution in [3.63, 3.8) is 0 Å². The molecule has 5 heteroatoms. The van der Waals surface area contributed by atoms with Gasteiger partial charge >= 0.3 is 21.1 Å². The number of aromatic nitrogens is 3. The minimum Gasteiger partial charge on any atom is -0.453 e. The van der Waals surface area contributed by atoms with E-state index in [1.165, 1.54) is 0 Å². The molecule has 2 aromatic heterocycles. The average Bonchev–Trinajstić information content (AvgIpc) is 3.38. The summed E-state index contributed by atoms with van der Waals surface area (Å²) in [6, 6.07) is 43.8. The molecule has 0 aliphatic heterocycles. The zero-order chi connectivity index (χ0) is 26.6. The Morgan fingerprint density at radius 2 is 1.52 bits per heavy atom. The third-order valence-electron chi connectivity index (χ3n) is 6.76. The zero-order valence-electron chi connectivity index (χ0n) is 22.2. The summed E-state index contributed by atoms with van der Waals surface area (Å²) in [6.45, 7) is 4.20. The molecule has 0 fully saturated rings. The maximum atomic E-state index is 6.50. The van der Waals surface area contributed by atoms with Crippen molar-refractivity contribution in [1.82, 2.24) is 14.5 Å². The molecule has 1 atom stereocenters. The Labute approximate surface area is 249 Å². The molecule has 0 spiro atoms. The standard InChI is InChI=1S/C35H27N3O.Pt/c1-25-13-11-14-26(2)34(25)38-24-32(27-15-5-3-6-16-27)37-35(38)39-30-20-12-19-29(23-30)33(28-17-7-4-8-18-28)31-21-9-10-22-36-31;/h3-15,17-22,24,33H,1-2H3;/q-2;+2. The molecule has 0 amide bonds. The van der Waals surface area contributed by atoms with Gasteiger partial charge in [0.25, 0.3) is 6.01 Å². The van der Waals surface area contributed by atoms with E-state index in [0.29, 0.717) is 11.8 Å². The van der Waals surface area contributed by atoms with Crippen LogP contribution in [0.25, 0.3) is 16.9 Å². The summed E-state index contributed by atoms with van der Waals surface area (Å²) in [5.74, 6) is 0.509. The predicted molar refractivity (Wildman–Crippen MR) is 154 cm³/mol. The second kappa shape index (κ2) is 12.3. The molecule has 6 aromatic rings. The number of nitrogens with zero attached hydrogens (tertiary/aromatic N) is 3. The van der Waals surface area contributed by atoms with Gasteiger partial charge in [0, 0.05) is 23.6 Å². The van der Waals surface area contributed by atoms with E-state index in [9.17, 15) is 0 Å². The quantitative estimate of drug-likeness (QED) is 0.158. The van der Waals surface area contributed by atoms with Gasteiger partial charge in [-0.3, -0.25) is 9.55 Å². The molecule has 4 nitrogen and oxygen atoms in total. The molecule has 0 N–H and O–H groups in total. The summed E-state index contributed by atoms with van der Waals surface area (Å²) in [5.41, 5.74) is 8.09. The number of rotatable bonds is 7. The topological polar surface area (TPSA) is 39.9 Å². The van der Waals surface area contributed by atoms with Crippen LogP contribution in [0.1, 0.15) is 33.9 Å². The summed E-state index contributed by atoms with van der Waals surface area (Å²) in [4.78, 5) is 9.58. The van der Waals surface area contributed by atoms with E-state index in [1.807, 2.05) is 71.6 Å². The van der Waals surface area contributed by atoms with Crippen LogP contribution < -0.4 is 4.74 Å². The Balaban J connectivity index is 0.00000323. The van der Waals surface area contributed by atoms with E-state index in [2.05, 4.69) is 85.6 Å². The number of aryl methyl sites for hydroxylation is 2. The van der Waals surface area contributed by atoms with Crippen molar-refractivity contribution in [2.45, 2.75) is 19.8 Å². The van der Waals surface area contributed by atoms with Gasteiger partial charge in [0.2, 0.25) is 0 Å². The van der Waals surface area contributed by atoms with Crippen LogP contribution in [0.15, 0.2) is 122 Å². The minimum atomic E-state index is -0.0798. The van der Waals surface area contributed by atoms with Crippen LogP contribution in [-0.4, -0.2) is 14.5 Å². The van der Waals surface area contributed by atoms with Crippen molar-refractivity contribution >= 4 is 0 Å². The van der Waals surface area contributed by atoms with Gasteiger partial charge in [0.1, 0.15) is 0 Å². The van der Waals surface area contributed by atoms with Crippen LogP contribution in [0.4, 0.5) is 0 Å². The van der Waals surface area contributed by atoms with Crippen LogP contribution >= 0.6 is 0 Å². The van der Waals surface area contributed by atoms with E-state index < -0.39 is 0 Å². The molecule has 0 saturated carbocycles. The summed E-state index contributed by atoms with van der Waals surface area (Å²) < 4.78 is 8.52. The first-order valence-electron chi connectivity index (χ1n) is 13.0. The van der Waals surface area contributed by atoms with Crippen molar-refractivity contribution < 1.29 is 25.8 Å². The summed E-state index contributed by atoms with van der Waals surface area (Å²) in [6.07, 6.45) is 3.84. The van der Waals surface area contributed by atoms with Gasteiger partial charge in [-0.25, -0.2) is 4.98 Å². The van der Waals surface area contributed by atoms with E-state index in [4.69, 9.17) is 9.72 Å². The Hall–Kier alpha value is -4.27. The van der Waals surface area contributed by atoms with Gasteiger partial charge in [-0.1, -0.05) is 54.6 Å². The number of pyridine rings is 1. The monoisotopic (exact) mass is 700 g/mol. The third-order valence-corrected chi connectivity index (χ3v) is 6.76. The fourth-order valence-electron chi connectivity index (χ4n) is 4.96. The Morgan fingerprint density at radius 3 is 2.25 bits per heavy atom. The Kier molecular flexibility index (Phi) is 8.38. The number of ether oxygens (including phenoxy) is 1.